The Kier molecular flexibility index (Phi) is 3.96. The molecule has 0 bridgehead atoms. The van der Waals surface area contributed by atoms with Gasteiger partial charge in [0.2, 0.25) is 11.1 Å². The smallest absolute Gasteiger partial charge is 0.323 e. The van der Waals surface area contributed by atoms with Crippen molar-refractivity contribution in [1.29, 1.82) is 0 Å². The molecule has 0 aliphatic carbocycles. The van der Waals surface area contributed by atoms with Crippen LogP contribution >= 0.6 is 11.8 Å². The van der Waals surface area contributed by atoms with E-state index in [1.165, 1.54) is 23.7 Å². The summed E-state index contributed by atoms with van der Waals surface area (Å²) in [5.41, 5.74) is 0. The number of thioether (sulfide) groups is 1. The number of hydrogen-bond donors (Lipinski definition) is 1. The second kappa shape index (κ2) is 5.01. The first-order valence-electron chi connectivity index (χ1n) is 4.48. The fourth-order valence-corrected chi connectivity index (χ4v) is 2.01. The number of nitrogens with zero attached hydrogens (tertiary/aromatic N) is 2. The van der Waals surface area contributed by atoms with Gasteiger partial charge in [-0.25, -0.2) is 4.79 Å². The summed E-state index contributed by atoms with van der Waals surface area (Å²) in [4.78, 5) is 28.2. The first-order valence-corrected chi connectivity index (χ1v) is 5.46. The fraction of sp³-hybridized carbons (Fsp3) is 0.625. The molecule has 1 rings (SSSR count). The number of oxime groups is 1. The summed E-state index contributed by atoms with van der Waals surface area (Å²) in [7, 11) is 1.44. The predicted molar refractivity (Wildman–Crippen MR) is 57.4 cm³/mol. The molecule has 0 atom stereocenters. The topological polar surface area (TPSA) is 71.0 Å². The van der Waals surface area contributed by atoms with E-state index >= 15 is 0 Å². The molecule has 84 valence electrons. The zero-order valence-corrected chi connectivity index (χ0v) is 9.63. The molecule has 2 amide bonds. The average molecular weight is 231 g/mol. The van der Waals surface area contributed by atoms with Gasteiger partial charge in [0.15, 0.2) is 0 Å². The van der Waals surface area contributed by atoms with E-state index in [1.54, 1.807) is 0 Å². The van der Waals surface area contributed by atoms with Gasteiger partial charge in [0, 0.05) is 13.1 Å². The molecule has 0 aromatic carbocycles. The highest BCUT2D eigenvalue weighted by Gasteiger charge is 2.31. The largest absolute Gasteiger partial charge is 0.433 e. The maximum Gasteiger partial charge on any atom is 0.433 e. The number of nitrogens with one attached hydrogen (secondary N) is 1. The lowest BCUT2D eigenvalue weighted by molar-refractivity contribution is -0.125. The first kappa shape index (κ1) is 11.8. The maximum absolute atomic E-state index is 11.4. The van der Waals surface area contributed by atoms with Gasteiger partial charge in [-0.15, -0.1) is 0 Å². The second-order valence-electron chi connectivity index (χ2n) is 3.15. The van der Waals surface area contributed by atoms with E-state index in [2.05, 4.69) is 15.3 Å². The van der Waals surface area contributed by atoms with Crippen molar-refractivity contribution in [1.82, 2.24) is 10.2 Å². The lowest BCUT2D eigenvalue weighted by Crippen LogP contribution is -2.36. The Balaban J connectivity index is 2.68. The summed E-state index contributed by atoms with van der Waals surface area (Å²) >= 11 is 1.26. The van der Waals surface area contributed by atoms with E-state index in [0.29, 0.717) is 10.9 Å². The van der Waals surface area contributed by atoms with Crippen LogP contribution < -0.4 is 5.32 Å². The Morgan fingerprint density at radius 3 is 2.87 bits per heavy atom. The van der Waals surface area contributed by atoms with Crippen molar-refractivity contribution < 1.29 is 14.4 Å². The third-order valence-electron chi connectivity index (χ3n) is 1.73. The van der Waals surface area contributed by atoms with E-state index in [4.69, 9.17) is 0 Å². The summed E-state index contributed by atoms with van der Waals surface area (Å²) in [6, 6.07) is 0.0135. The van der Waals surface area contributed by atoms with Crippen LogP contribution in [0.15, 0.2) is 5.16 Å². The number of carbonyl (C=O) groups excluding carboxylic acids is 2. The number of amidine groups is 1. The first-order chi connectivity index (χ1) is 7.06. The van der Waals surface area contributed by atoms with Crippen molar-refractivity contribution in [2.75, 3.05) is 12.8 Å². The molecule has 7 heteroatoms. The van der Waals surface area contributed by atoms with Crippen molar-refractivity contribution >= 4 is 28.9 Å². The number of amides is 2. The van der Waals surface area contributed by atoms with E-state index in [9.17, 15) is 9.59 Å². The molecule has 1 aliphatic rings. The fourth-order valence-electron chi connectivity index (χ4n) is 1.08. The van der Waals surface area contributed by atoms with Gasteiger partial charge in [-0.05, 0) is 19.0 Å². The molecule has 1 heterocycles. The Hall–Kier alpha value is -1.24. The van der Waals surface area contributed by atoms with Crippen molar-refractivity contribution in [2.24, 2.45) is 5.16 Å². The van der Waals surface area contributed by atoms with Crippen LogP contribution in [0.1, 0.15) is 13.8 Å². The van der Waals surface area contributed by atoms with E-state index in [-0.39, 0.29) is 11.9 Å². The van der Waals surface area contributed by atoms with Crippen molar-refractivity contribution in [3.05, 3.63) is 0 Å². The van der Waals surface area contributed by atoms with Gasteiger partial charge >= 0.3 is 6.09 Å². The molecule has 0 saturated carbocycles. The van der Waals surface area contributed by atoms with Crippen LogP contribution in [0.4, 0.5) is 4.79 Å². The third kappa shape index (κ3) is 2.85. The van der Waals surface area contributed by atoms with Crippen LogP contribution in [-0.2, 0) is 9.63 Å². The van der Waals surface area contributed by atoms with Crippen molar-refractivity contribution in [3.8, 4) is 0 Å². The van der Waals surface area contributed by atoms with Gasteiger partial charge < -0.3 is 5.32 Å². The lowest BCUT2D eigenvalue weighted by Gasteiger charge is -2.19. The predicted octanol–water partition coefficient (Wildman–Crippen LogP) is 0.597. The molecule has 0 aromatic heterocycles. The van der Waals surface area contributed by atoms with E-state index in [0.717, 1.165) is 0 Å². The molecular weight excluding hydrogens is 218 g/mol. The normalized spacial score (nSPS) is 18.8. The molecule has 1 fully saturated rings. The molecule has 0 spiro atoms. The summed E-state index contributed by atoms with van der Waals surface area (Å²) in [5.74, 6) is 0.322. The minimum absolute atomic E-state index is 0.0135. The van der Waals surface area contributed by atoms with Crippen LogP contribution in [-0.4, -0.2) is 40.9 Å². The molecule has 0 radical (unpaired) electrons. The van der Waals surface area contributed by atoms with Gasteiger partial charge in [0.25, 0.3) is 0 Å². The Bertz CT molecular complexity index is 304. The average Bonchev–Trinajstić information content (AvgIpc) is 2.56. The lowest BCUT2D eigenvalue weighted by atomic mass is 10.3. The summed E-state index contributed by atoms with van der Waals surface area (Å²) < 4.78 is 0. The number of rotatable bonds is 2. The van der Waals surface area contributed by atoms with Crippen molar-refractivity contribution in [3.63, 3.8) is 0 Å². The molecule has 1 saturated heterocycles. The standard InChI is InChI=1S/C8H13N3O3S/c1-5(2)11-6(12)4-15-7(11)10-14-8(13)9-3/h5H,4H2,1-3H3,(H,9,13). The zero-order chi connectivity index (χ0) is 11.4. The van der Waals surface area contributed by atoms with Gasteiger partial charge in [-0.3, -0.25) is 14.5 Å². The maximum atomic E-state index is 11.4. The molecule has 1 aliphatic heterocycles. The number of hydrogen-bond acceptors (Lipinski definition) is 5. The minimum Gasteiger partial charge on any atom is -0.323 e. The van der Waals surface area contributed by atoms with E-state index < -0.39 is 6.09 Å². The van der Waals surface area contributed by atoms with Gasteiger partial charge in [0.1, 0.15) is 0 Å². The number of carbonyl (C=O) groups is 2. The van der Waals surface area contributed by atoms with Gasteiger partial charge in [-0.2, -0.15) is 0 Å². The Morgan fingerprint density at radius 2 is 2.33 bits per heavy atom. The SMILES string of the molecule is CNC(=O)ON=C1SCC(=O)N1C(C)C. The van der Waals surface area contributed by atoms with Gasteiger partial charge in [0.05, 0.1) is 5.75 Å². The summed E-state index contributed by atoms with van der Waals surface area (Å²) in [6.07, 6.45) is -0.647. The second-order valence-corrected chi connectivity index (χ2v) is 4.09. The summed E-state index contributed by atoms with van der Waals surface area (Å²) in [6.45, 7) is 3.75. The van der Waals surface area contributed by atoms with Crippen LogP contribution in [0.25, 0.3) is 0 Å². The minimum atomic E-state index is -0.647. The highest BCUT2D eigenvalue weighted by molar-refractivity contribution is 8.15. The Morgan fingerprint density at radius 1 is 1.67 bits per heavy atom. The third-order valence-corrected chi connectivity index (χ3v) is 2.65. The van der Waals surface area contributed by atoms with Crippen LogP contribution in [0.3, 0.4) is 0 Å². The van der Waals surface area contributed by atoms with Crippen LogP contribution in [0, 0.1) is 0 Å². The zero-order valence-electron chi connectivity index (χ0n) is 8.81. The quantitative estimate of drug-likeness (QED) is 0.558. The highest BCUT2D eigenvalue weighted by Crippen LogP contribution is 2.21. The van der Waals surface area contributed by atoms with Crippen LogP contribution in [0.5, 0.6) is 0 Å². The molecular formula is C8H13N3O3S. The molecule has 0 aromatic rings. The molecule has 15 heavy (non-hydrogen) atoms. The highest BCUT2D eigenvalue weighted by atomic mass is 32.2. The molecule has 0 unspecified atom stereocenters. The van der Waals surface area contributed by atoms with Crippen molar-refractivity contribution in [2.45, 2.75) is 19.9 Å². The molecule has 1 N–H and O–H groups in total. The van der Waals surface area contributed by atoms with E-state index in [1.807, 2.05) is 13.8 Å². The summed E-state index contributed by atoms with van der Waals surface area (Å²) in [5, 5.41) is 6.31. The monoisotopic (exact) mass is 231 g/mol. The molecule has 6 nitrogen and oxygen atoms in total. The Labute approximate surface area is 92.0 Å². The van der Waals surface area contributed by atoms with Crippen LogP contribution in [0.2, 0.25) is 0 Å². The van der Waals surface area contributed by atoms with Gasteiger partial charge in [-0.1, -0.05) is 11.8 Å².